The standard InChI is InChI=1S/C10H14BrNO2S/c1-7(3-5-14-2)12-10(13)9-8(11)4-6-15-9/h4,6-7H,3,5H2,1-2H3,(H,12,13). The van der Waals surface area contributed by atoms with Crippen molar-refractivity contribution in [3.63, 3.8) is 0 Å². The SMILES string of the molecule is COCCC(C)NC(=O)c1sccc1Br. The Kier molecular flexibility index (Phi) is 5.28. The fourth-order valence-corrected chi connectivity index (χ4v) is 2.57. The first-order valence-corrected chi connectivity index (χ1v) is 6.35. The number of carbonyl (C=O) groups excluding carboxylic acids is 1. The van der Waals surface area contributed by atoms with E-state index in [1.54, 1.807) is 7.11 Å². The fourth-order valence-electron chi connectivity index (χ4n) is 1.11. The lowest BCUT2D eigenvalue weighted by Crippen LogP contribution is -2.33. The normalized spacial score (nSPS) is 12.5. The Hall–Kier alpha value is -0.390. The summed E-state index contributed by atoms with van der Waals surface area (Å²) in [6.45, 7) is 2.63. The highest BCUT2D eigenvalue weighted by Crippen LogP contribution is 2.22. The minimum Gasteiger partial charge on any atom is -0.385 e. The smallest absolute Gasteiger partial charge is 0.262 e. The van der Waals surface area contributed by atoms with Crippen molar-refractivity contribution < 1.29 is 9.53 Å². The molecule has 0 radical (unpaired) electrons. The zero-order valence-corrected chi connectivity index (χ0v) is 11.2. The number of nitrogens with one attached hydrogen (secondary N) is 1. The number of carbonyl (C=O) groups is 1. The van der Waals surface area contributed by atoms with Crippen molar-refractivity contribution in [1.82, 2.24) is 5.32 Å². The number of hydrogen-bond acceptors (Lipinski definition) is 3. The Balaban J connectivity index is 2.46. The Labute approximate surface area is 102 Å². The maximum atomic E-state index is 11.7. The van der Waals surface area contributed by atoms with Crippen LogP contribution in [0.15, 0.2) is 15.9 Å². The van der Waals surface area contributed by atoms with Gasteiger partial charge in [-0.1, -0.05) is 0 Å². The molecule has 1 amide bonds. The number of thiophene rings is 1. The molecule has 1 heterocycles. The molecule has 1 aromatic heterocycles. The summed E-state index contributed by atoms with van der Waals surface area (Å²) in [6.07, 6.45) is 0.825. The summed E-state index contributed by atoms with van der Waals surface area (Å²) in [5.41, 5.74) is 0. The van der Waals surface area contributed by atoms with Gasteiger partial charge >= 0.3 is 0 Å². The van der Waals surface area contributed by atoms with Gasteiger partial charge in [0.15, 0.2) is 0 Å². The van der Waals surface area contributed by atoms with Crippen molar-refractivity contribution in [2.24, 2.45) is 0 Å². The van der Waals surface area contributed by atoms with Gasteiger partial charge in [-0.25, -0.2) is 0 Å². The number of rotatable bonds is 5. The highest BCUT2D eigenvalue weighted by Gasteiger charge is 2.13. The van der Waals surface area contributed by atoms with Crippen LogP contribution in [0.1, 0.15) is 23.0 Å². The van der Waals surface area contributed by atoms with Crippen LogP contribution in [0.5, 0.6) is 0 Å². The summed E-state index contributed by atoms with van der Waals surface area (Å²) < 4.78 is 5.80. The third-order valence-corrected chi connectivity index (χ3v) is 3.79. The summed E-state index contributed by atoms with van der Waals surface area (Å²) >= 11 is 4.77. The molecule has 0 aromatic carbocycles. The average Bonchev–Trinajstić information content (AvgIpc) is 2.61. The minimum atomic E-state index is -0.0273. The molecule has 5 heteroatoms. The molecule has 84 valence electrons. The number of ether oxygens (including phenoxy) is 1. The number of halogens is 1. The first-order valence-electron chi connectivity index (χ1n) is 4.68. The zero-order valence-electron chi connectivity index (χ0n) is 8.75. The fraction of sp³-hybridized carbons (Fsp3) is 0.500. The van der Waals surface area contributed by atoms with Gasteiger partial charge in [0.25, 0.3) is 5.91 Å². The van der Waals surface area contributed by atoms with E-state index in [0.717, 1.165) is 15.8 Å². The molecular formula is C10H14BrNO2S. The number of amides is 1. The minimum absolute atomic E-state index is 0.0273. The number of hydrogen-bond donors (Lipinski definition) is 1. The molecule has 0 saturated carbocycles. The predicted molar refractivity (Wildman–Crippen MR) is 65.4 cm³/mol. The van der Waals surface area contributed by atoms with E-state index in [2.05, 4.69) is 21.2 Å². The van der Waals surface area contributed by atoms with E-state index in [9.17, 15) is 4.79 Å². The maximum Gasteiger partial charge on any atom is 0.262 e. The van der Waals surface area contributed by atoms with E-state index in [-0.39, 0.29) is 11.9 Å². The second kappa shape index (κ2) is 6.25. The van der Waals surface area contributed by atoms with E-state index in [4.69, 9.17) is 4.74 Å². The van der Waals surface area contributed by atoms with Crippen molar-refractivity contribution in [1.29, 1.82) is 0 Å². The van der Waals surface area contributed by atoms with E-state index in [0.29, 0.717) is 6.61 Å². The molecular weight excluding hydrogens is 278 g/mol. The first kappa shape index (κ1) is 12.7. The molecule has 0 aliphatic carbocycles. The molecule has 1 atom stereocenters. The molecule has 1 N–H and O–H groups in total. The van der Waals surface area contributed by atoms with Gasteiger partial charge in [-0.15, -0.1) is 11.3 Å². The van der Waals surface area contributed by atoms with E-state index in [1.165, 1.54) is 11.3 Å². The van der Waals surface area contributed by atoms with E-state index in [1.807, 2.05) is 18.4 Å². The zero-order chi connectivity index (χ0) is 11.3. The van der Waals surface area contributed by atoms with Crippen LogP contribution in [0.2, 0.25) is 0 Å². The highest BCUT2D eigenvalue weighted by atomic mass is 79.9. The van der Waals surface area contributed by atoms with Crippen LogP contribution < -0.4 is 5.32 Å². The van der Waals surface area contributed by atoms with E-state index >= 15 is 0 Å². The van der Waals surface area contributed by atoms with Crippen molar-refractivity contribution in [3.8, 4) is 0 Å². The Morgan fingerprint density at radius 3 is 3.00 bits per heavy atom. The van der Waals surface area contributed by atoms with Gasteiger partial charge in [-0.2, -0.15) is 0 Å². The molecule has 3 nitrogen and oxygen atoms in total. The highest BCUT2D eigenvalue weighted by molar-refractivity contribution is 9.10. The topological polar surface area (TPSA) is 38.3 Å². The molecule has 1 rings (SSSR count). The summed E-state index contributed by atoms with van der Waals surface area (Å²) in [7, 11) is 1.66. The number of methoxy groups -OCH3 is 1. The molecule has 1 unspecified atom stereocenters. The summed E-state index contributed by atoms with van der Waals surface area (Å²) in [5, 5.41) is 4.81. The first-order chi connectivity index (χ1) is 7.15. The lowest BCUT2D eigenvalue weighted by Gasteiger charge is -2.12. The lowest BCUT2D eigenvalue weighted by molar-refractivity contribution is 0.0933. The monoisotopic (exact) mass is 291 g/mol. The third kappa shape index (κ3) is 3.93. The van der Waals surface area contributed by atoms with Gasteiger partial charge < -0.3 is 10.1 Å². The molecule has 0 bridgehead atoms. The summed E-state index contributed by atoms with van der Waals surface area (Å²) in [4.78, 5) is 12.5. The molecule has 0 aliphatic heterocycles. The average molecular weight is 292 g/mol. The quantitative estimate of drug-likeness (QED) is 0.906. The molecule has 1 aromatic rings. The van der Waals surface area contributed by atoms with Crippen LogP contribution in [0.3, 0.4) is 0 Å². The van der Waals surface area contributed by atoms with Crippen molar-refractivity contribution in [2.45, 2.75) is 19.4 Å². The van der Waals surface area contributed by atoms with Gasteiger partial charge in [0.05, 0.1) is 0 Å². The Morgan fingerprint density at radius 1 is 1.73 bits per heavy atom. The second-order valence-electron chi connectivity index (χ2n) is 3.25. The van der Waals surface area contributed by atoms with Crippen molar-refractivity contribution >= 4 is 33.2 Å². The Morgan fingerprint density at radius 2 is 2.47 bits per heavy atom. The third-order valence-electron chi connectivity index (χ3n) is 1.96. The van der Waals surface area contributed by atoms with Crippen molar-refractivity contribution in [2.75, 3.05) is 13.7 Å². The Bertz CT molecular complexity index is 327. The van der Waals surface area contributed by atoms with E-state index < -0.39 is 0 Å². The lowest BCUT2D eigenvalue weighted by atomic mass is 10.2. The molecule has 15 heavy (non-hydrogen) atoms. The van der Waals surface area contributed by atoms with Gasteiger partial charge in [0.2, 0.25) is 0 Å². The summed E-state index contributed by atoms with van der Waals surface area (Å²) in [5.74, 6) is -0.0273. The van der Waals surface area contributed by atoms with Gasteiger partial charge in [0, 0.05) is 24.2 Å². The van der Waals surface area contributed by atoms with Gasteiger partial charge in [0.1, 0.15) is 4.88 Å². The molecule has 0 aliphatic rings. The molecule has 0 fully saturated rings. The van der Waals surface area contributed by atoms with Crippen LogP contribution in [0, 0.1) is 0 Å². The van der Waals surface area contributed by atoms with Crippen LogP contribution >= 0.6 is 27.3 Å². The predicted octanol–water partition coefficient (Wildman–Crippen LogP) is 2.67. The van der Waals surface area contributed by atoms with Crippen LogP contribution in [-0.2, 0) is 4.74 Å². The van der Waals surface area contributed by atoms with Crippen molar-refractivity contribution in [3.05, 3.63) is 20.8 Å². The van der Waals surface area contributed by atoms with Crippen LogP contribution in [0.25, 0.3) is 0 Å². The largest absolute Gasteiger partial charge is 0.385 e. The van der Waals surface area contributed by atoms with Gasteiger partial charge in [-0.05, 0) is 40.7 Å². The van der Waals surface area contributed by atoms with Gasteiger partial charge in [-0.3, -0.25) is 4.79 Å². The summed E-state index contributed by atoms with van der Waals surface area (Å²) in [6, 6.07) is 2.01. The van der Waals surface area contributed by atoms with Crippen LogP contribution in [0.4, 0.5) is 0 Å². The second-order valence-corrected chi connectivity index (χ2v) is 5.02. The van der Waals surface area contributed by atoms with Crippen LogP contribution in [-0.4, -0.2) is 25.7 Å². The molecule has 0 saturated heterocycles. The molecule has 0 spiro atoms. The maximum absolute atomic E-state index is 11.7.